The number of aromatic nitrogens is 3. The zero-order chi connectivity index (χ0) is 11.4. The van der Waals surface area contributed by atoms with Crippen molar-refractivity contribution < 1.29 is 4.79 Å². The van der Waals surface area contributed by atoms with Crippen molar-refractivity contribution in [3.63, 3.8) is 0 Å². The summed E-state index contributed by atoms with van der Waals surface area (Å²) >= 11 is 0. The van der Waals surface area contributed by atoms with Crippen molar-refractivity contribution in [3.05, 3.63) is 12.7 Å². The number of nitrogens with one attached hydrogen (secondary N) is 2. The molecule has 0 aliphatic carbocycles. The average molecular weight is 223 g/mol. The highest BCUT2D eigenvalue weighted by Gasteiger charge is 2.18. The van der Waals surface area contributed by atoms with Gasteiger partial charge in [-0.2, -0.15) is 5.10 Å². The molecule has 0 radical (unpaired) electrons. The summed E-state index contributed by atoms with van der Waals surface area (Å²) in [6.07, 6.45) is 5.32. The Morgan fingerprint density at radius 1 is 1.75 bits per heavy atom. The maximum atomic E-state index is 11.8. The molecule has 1 aromatic rings. The molecule has 2 rings (SSSR count). The average Bonchev–Trinajstić information content (AvgIpc) is 2.96. The van der Waals surface area contributed by atoms with Crippen molar-refractivity contribution in [2.24, 2.45) is 0 Å². The Morgan fingerprint density at radius 2 is 2.62 bits per heavy atom. The molecule has 1 aliphatic heterocycles. The molecule has 0 bridgehead atoms. The highest BCUT2D eigenvalue weighted by molar-refractivity contribution is 5.79. The zero-order valence-corrected chi connectivity index (χ0v) is 9.39. The van der Waals surface area contributed by atoms with Gasteiger partial charge in [-0.05, 0) is 26.3 Å². The van der Waals surface area contributed by atoms with Crippen molar-refractivity contribution in [1.29, 1.82) is 0 Å². The highest BCUT2D eigenvalue weighted by atomic mass is 16.2. The summed E-state index contributed by atoms with van der Waals surface area (Å²) in [6.45, 7) is 3.56. The van der Waals surface area contributed by atoms with E-state index in [2.05, 4.69) is 20.7 Å². The fraction of sp³-hybridized carbons (Fsp3) is 0.700. The minimum atomic E-state index is -0.302. The molecular formula is C10H17N5O. The molecule has 1 aromatic heterocycles. The van der Waals surface area contributed by atoms with Gasteiger partial charge in [-0.3, -0.25) is 4.79 Å². The molecule has 2 heterocycles. The summed E-state index contributed by atoms with van der Waals surface area (Å²) in [5, 5.41) is 10.2. The topological polar surface area (TPSA) is 71.8 Å². The minimum Gasteiger partial charge on any atom is -0.353 e. The Hall–Kier alpha value is -1.43. The standard InChI is InChI=1S/C10H17N5O/c1-8(15-7-11-6-14-15)10(16)13-5-9-3-2-4-12-9/h6-9,12H,2-5H2,1H3,(H,13,16). The number of hydrogen-bond acceptors (Lipinski definition) is 4. The normalized spacial score (nSPS) is 21.9. The van der Waals surface area contributed by atoms with Crippen LogP contribution in [0.4, 0.5) is 0 Å². The number of amides is 1. The molecule has 6 heteroatoms. The minimum absolute atomic E-state index is 0.0146. The lowest BCUT2D eigenvalue weighted by atomic mass is 10.2. The van der Waals surface area contributed by atoms with Gasteiger partial charge in [0.2, 0.25) is 5.91 Å². The van der Waals surface area contributed by atoms with Crippen molar-refractivity contribution in [2.45, 2.75) is 31.8 Å². The van der Waals surface area contributed by atoms with Crippen LogP contribution in [0.1, 0.15) is 25.8 Å². The van der Waals surface area contributed by atoms with Crippen LogP contribution < -0.4 is 10.6 Å². The van der Waals surface area contributed by atoms with Crippen LogP contribution in [-0.4, -0.2) is 39.8 Å². The van der Waals surface area contributed by atoms with Crippen LogP contribution in [0.2, 0.25) is 0 Å². The van der Waals surface area contributed by atoms with Crippen LogP contribution in [0, 0.1) is 0 Å². The molecule has 88 valence electrons. The summed E-state index contributed by atoms with van der Waals surface area (Å²) < 4.78 is 1.55. The van der Waals surface area contributed by atoms with Gasteiger partial charge in [0.15, 0.2) is 0 Å². The van der Waals surface area contributed by atoms with Crippen LogP contribution in [0.15, 0.2) is 12.7 Å². The number of hydrogen-bond donors (Lipinski definition) is 2. The van der Waals surface area contributed by atoms with Gasteiger partial charge in [0.1, 0.15) is 18.7 Å². The van der Waals surface area contributed by atoms with Gasteiger partial charge in [0.25, 0.3) is 0 Å². The molecule has 1 saturated heterocycles. The largest absolute Gasteiger partial charge is 0.353 e. The molecule has 0 spiro atoms. The Bertz CT molecular complexity index is 331. The van der Waals surface area contributed by atoms with Crippen LogP contribution in [0.25, 0.3) is 0 Å². The number of carbonyl (C=O) groups is 1. The van der Waals surface area contributed by atoms with E-state index in [1.165, 1.54) is 12.7 Å². The fourth-order valence-electron chi connectivity index (χ4n) is 1.84. The molecule has 0 aromatic carbocycles. The third-order valence-electron chi connectivity index (χ3n) is 2.90. The number of rotatable bonds is 4. The Labute approximate surface area is 94.4 Å². The number of carbonyl (C=O) groups excluding carboxylic acids is 1. The maximum absolute atomic E-state index is 11.8. The van der Waals surface area contributed by atoms with E-state index in [1.807, 2.05) is 6.92 Å². The van der Waals surface area contributed by atoms with Gasteiger partial charge in [-0.25, -0.2) is 9.67 Å². The Kier molecular flexibility index (Phi) is 3.51. The lowest BCUT2D eigenvalue weighted by molar-refractivity contribution is -0.124. The first-order valence-corrected chi connectivity index (χ1v) is 5.62. The molecule has 2 atom stereocenters. The summed E-state index contributed by atoms with van der Waals surface area (Å²) in [4.78, 5) is 15.6. The third kappa shape index (κ3) is 2.57. The Morgan fingerprint density at radius 3 is 3.25 bits per heavy atom. The first-order chi connectivity index (χ1) is 7.77. The fourth-order valence-corrected chi connectivity index (χ4v) is 1.84. The van der Waals surface area contributed by atoms with Crippen molar-refractivity contribution in [1.82, 2.24) is 25.4 Å². The maximum Gasteiger partial charge on any atom is 0.244 e. The van der Waals surface area contributed by atoms with Crippen LogP contribution in [-0.2, 0) is 4.79 Å². The third-order valence-corrected chi connectivity index (χ3v) is 2.90. The molecule has 6 nitrogen and oxygen atoms in total. The van der Waals surface area contributed by atoms with Gasteiger partial charge in [-0.15, -0.1) is 0 Å². The van der Waals surface area contributed by atoms with Crippen molar-refractivity contribution >= 4 is 5.91 Å². The van der Waals surface area contributed by atoms with Crippen LogP contribution in [0.5, 0.6) is 0 Å². The first kappa shape index (κ1) is 11.1. The van der Waals surface area contributed by atoms with Gasteiger partial charge in [0, 0.05) is 12.6 Å². The Balaban J connectivity index is 1.79. The second-order valence-electron chi connectivity index (χ2n) is 4.09. The van der Waals surface area contributed by atoms with E-state index in [0.717, 1.165) is 13.0 Å². The second-order valence-corrected chi connectivity index (χ2v) is 4.09. The predicted molar refractivity (Wildman–Crippen MR) is 58.8 cm³/mol. The quantitative estimate of drug-likeness (QED) is 0.735. The van der Waals surface area contributed by atoms with Crippen LogP contribution in [0.3, 0.4) is 0 Å². The molecule has 16 heavy (non-hydrogen) atoms. The smallest absolute Gasteiger partial charge is 0.244 e. The van der Waals surface area contributed by atoms with Gasteiger partial charge in [-0.1, -0.05) is 0 Å². The van der Waals surface area contributed by atoms with Gasteiger partial charge < -0.3 is 10.6 Å². The van der Waals surface area contributed by atoms with E-state index in [-0.39, 0.29) is 11.9 Å². The zero-order valence-electron chi connectivity index (χ0n) is 9.39. The van der Waals surface area contributed by atoms with Crippen LogP contribution >= 0.6 is 0 Å². The lowest BCUT2D eigenvalue weighted by Gasteiger charge is -2.15. The monoisotopic (exact) mass is 223 g/mol. The van der Waals surface area contributed by atoms with Gasteiger partial charge in [0.05, 0.1) is 0 Å². The summed E-state index contributed by atoms with van der Waals surface area (Å²) in [5.74, 6) is -0.0146. The molecular weight excluding hydrogens is 206 g/mol. The number of nitrogens with zero attached hydrogens (tertiary/aromatic N) is 3. The van der Waals surface area contributed by atoms with E-state index >= 15 is 0 Å². The first-order valence-electron chi connectivity index (χ1n) is 5.62. The van der Waals surface area contributed by atoms with Crippen molar-refractivity contribution in [3.8, 4) is 0 Å². The molecule has 1 aliphatic rings. The van der Waals surface area contributed by atoms with E-state index in [4.69, 9.17) is 0 Å². The summed E-state index contributed by atoms with van der Waals surface area (Å²) in [7, 11) is 0. The van der Waals surface area contributed by atoms with E-state index < -0.39 is 0 Å². The molecule has 1 fully saturated rings. The highest BCUT2D eigenvalue weighted by Crippen LogP contribution is 2.05. The molecule has 2 N–H and O–H groups in total. The predicted octanol–water partition coefficient (Wildman–Crippen LogP) is -0.293. The van der Waals surface area contributed by atoms with Gasteiger partial charge >= 0.3 is 0 Å². The molecule has 1 amide bonds. The summed E-state index contributed by atoms with van der Waals surface area (Å²) in [5.41, 5.74) is 0. The van der Waals surface area contributed by atoms with Crippen molar-refractivity contribution in [2.75, 3.05) is 13.1 Å². The second kappa shape index (κ2) is 5.07. The van der Waals surface area contributed by atoms with E-state index in [1.54, 1.807) is 11.0 Å². The lowest BCUT2D eigenvalue weighted by Crippen LogP contribution is -2.40. The van der Waals surface area contributed by atoms with E-state index in [9.17, 15) is 4.79 Å². The van der Waals surface area contributed by atoms with E-state index in [0.29, 0.717) is 12.6 Å². The molecule has 0 saturated carbocycles. The molecule has 2 unspecified atom stereocenters. The summed E-state index contributed by atoms with van der Waals surface area (Å²) in [6, 6.07) is 0.121. The SMILES string of the molecule is CC(C(=O)NCC1CCCN1)n1cncn1.